The van der Waals surface area contributed by atoms with Gasteiger partial charge in [-0.25, -0.2) is 0 Å². The van der Waals surface area contributed by atoms with E-state index in [1.807, 2.05) is 17.8 Å². The monoisotopic (exact) mass is 251 g/mol. The molecule has 2 nitrogen and oxygen atoms in total. The van der Waals surface area contributed by atoms with Gasteiger partial charge >= 0.3 is 0 Å². The molecule has 3 heteroatoms. The molecule has 94 valence electrons. The van der Waals surface area contributed by atoms with Crippen molar-refractivity contribution < 1.29 is 4.79 Å². The molecule has 0 aliphatic heterocycles. The van der Waals surface area contributed by atoms with Gasteiger partial charge in [0.25, 0.3) is 0 Å². The van der Waals surface area contributed by atoms with E-state index in [4.69, 9.17) is 0 Å². The Bertz CT molecular complexity index is 420. The number of aryl methyl sites for hydroxylation is 1. The van der Waals surface area contributed by atoms with Gasteiger partial charge in [-0.15, -0.1) is 0 Å². The molecular formula is C14H21NOS. The average Bonchev–Trinajstić information content (AvgIpc) is 2.60. The van der Waals surface area contributed by atoms with Crippen molar-refractivity contribution in [1.29, 1.82) is 0 Å². The van der Waals surface area contributed by atoms with Crippen molar-refractivity contribution in [3.8, 4) is 0 Å². The highest BCUT2D eigenvalue weighted by molar-refractivity contribution is 7.98. The van der Waals surface area contributed by atoms with Gasteiger partial charge in [0.05, 0.1) is 0 Å². The first-order valence-electron chi connectivity index (χ1n) is 6.24. The van der Waals surface area contributed by atoms with E-state index in [9.17, 15) is 4.79 Å². The van der Waals surface area contributed by atoms with Crippen LogP contribution in [0.15, 0.2) is 12.3 Å². The SMILES string of the molecule is CSCCCn1ccc2c1CC(C)(C)CC2=O. The highest BCUT2D eigenvalue weighted by Gasteiger charge is 2.32. The number of carbonyl (C=O) groups is 1. The van der Waals surface area contributed by atoms with Crippen LogP contribution in [0, 0.1) is 5.41 Å². The smallest absolute Gasteiger partial charge is 0.165 e. The average molecular weight is 251 g/mol. The molecule has 0 fully saturated rings. The van der Waals surface area contributed by atoms with Crippen molar-refractivity contribution in [2.45, 2.75) is 39.7 Å². The standard InChI is InChI=1S/C14H21NOS/c1-14(2)9-12-11(13(16)10-14)5-7-15(12)6-4-8-17-3/h5,7H,4,6,8-10H2,1-3H3. The van der Waals surface area contributed by atoms with Gasteiger partial charge in [-0.1, -0.05) is 13.8 Å². The zero-order valence-electron chi connectivity index (χ0n) is 11.0. The van der Waals surface area contributed by atoms with Crippen LogP contribution in [0.1, 0.15) is 42.7 Å². The summed E-state index contributed by atoms with van der Waals surface area (Å²) < 4.78 is 2.28. The maximum Gasteiger partial charge on any atom is 0.165 e. The third-order valence-corrected chi connectivity index (χ3v) is 4.11. The molecule has 0 saturated heterocycles. The molecule has 2 rings (SSSR count). The van der Waals surface area contributed by atoms with Crippen LogP contribution in [0.3, 0.4) is 0 Å². The fourth-order valence-corrected chi connectivity index (χ4v) is 3.01. The van der Waals surface area contributed by atoms with Crippen molar-refractivity contribution in [2.75, 3.05) is 12.0 Å². The van der Waals surface area contributed by atoms with Gasteiger partial charge in [0.2, 0.25) is 0 Å². The van der Waals surface area contributed by atoms with Crippen LogP contribution < -0.4 is 0 Å². The number of aromatic nitrogens is 1. The van der Waals surface area contributed by atoms with Gasteiger partial charge < -0.3 is 4.57 Å². The first kappa shape index (κ1) is 12.7. The molecule has 1 aliphatic rings. The number of carbonyl (C=O) groups excluding carboxylic acids is 1. The maximum atomic E-state index is 12.0. The lowest BCUT2D eigenvalue weighted by atomic mass is 9.76. The van der Waals surface area contributed by atoms with Crippen molar-refractivity contribution in [1.82, 2.24) is 4.57 Å². The maximum absolute atomic E-state index is 12.0. The number of rotatable bonds is 4. The van der Waals surface area contributed by atoms with E-state index in [0.29, 0.717) is 12.2 Å². The molecule has 1 aromatic heterocycles. The summed E-state index contributed by atoms with van der Waals surface area (Å²) in [5.41, 5.74) is 2.35. The number of thioether (sulfide) groups is 1. The minimum Gasteiger partial charge on any atom is -0.351 e. The van der Waals surface area contributed by atoms with Crippen molar-refractivity contribution in [3.63, 3.8) is 0 Å². The molecule has 0 bridgehead atoms. The van der Waals surface area contributed by atoms with Gasteiger partial charge in [-0.2, -0.15) is 11.8 Å². The lowest BCUT2D eigenvalue weighted by Gasteiger charge is -2.29. The van der Waals surface area contributed by atoms with Crippen LogP contribution in [0.25, 0.3) is 0 Å². The van der Waals surface area contributed by atoms with Crippen molar-refractivity contribution in [3.05, 3.63) is 23.5 Å². The Labute approximate surface area is 108 Å². The summed E-state index contributed by atoms with van der Waals surface area (Å²) in [4.78, 5) is 12.0. The van der Waals surface area contributed by atoms with Crippen LogP contribution in [-0.2, 0) is 13.0 Å². The second kappa shape index (κ2) is 4.89. The molecule has 1 aliphatic carbocycles. The molecule has 1 aromatic rings. The number of hydrogen-bond acceptors (Lipinski definition) is 2. The Kier molecular flexibility index (Phi) is 3.67. The molecule has 17 heavy (non-hydrogen) atoms. The zero-order valence-corrected chi connectivity index (χ0v) is 11.8. The van der Waals surface area contributed by atoms with Gasteiger partial charge in [0.15, 0.2) is 5.78 Å². The molecule has 1 heterocycles. The molecule has 0 atom stereocenters. The summed E-state index contributed by atoms with van der Waals surface area (Å²) in [6.07, 6.45) is 7.12. The van der Waals surface area contributed by atoms with Crippen LogP contribution in [0.5, 0.6) is 0 Å². The number of nitrogens with zero attached hydrogens (tertiary/aromatic N) is 1. The first-order chi connectivity index (χ1) is 8.03. The number of Topliss-reactive ketones (excluding diaryl/α,β-unsaturated/α-hetero) is 1. The summed E-state index contributed by atoms with van der Waals surface area (Å²) >= 11 is 1.88. The van der Waals surface area contributed by atoms with Gasteiger partial charge in [0.1, 0.15) is 0 Å². The zero-order chi connectivity index (χ0) is 12.5. The van der Waals surface area contributed by atoms with Crippen LogP contribution >= 0.6 is 11.8 Å². The van der Waals surface area contributed by atoms with Gasteiger partial charge in [-0.05, 0) is 36.3 Å². The first-order valence-corrected chi connectivity index (χ1v) is 7.63. The van der Waals surface area contributed by atoms with E-state index >= 15 is 0 Å². The lowest BCUT2D eigenvalue weighted by Crippen LogP contribution is -2.28. The third-order valence-electron chi connectivity index (χ3n) is 3.41. The highest BCUT2D eigenvalue weighted by atomic mass is 32.2. The van der Waals surface area contributed by atoms with Crippen LogP contribution in [-0.4, -0.2) is 22.4 Å². The fraction of sp³-hybridized carbons (Fsp3) is 0.643. The minimum atomic E-state index is 0.125. The Balaban J connectivity index is 2.19. The third kappa shape index (κ3) is 2.76. The number of hydrogen-bond donors (Lipinski definition) is 0. The second-order valence-corrected chi connectivity index (χ2v) is 6.64. The summed E-state index contributed by atoms with van der Waals surface area (Å²) in [6, 6.07) is 2.01. The predicted molar refractivity (Wildman–Crippen MR) is 73.9 cm³/mol. The molecule has 0 aromatic carbocycles. The second-order valence-electron chi connectivity index (χ2n) is 5.66. The Morgan fingerprint density at radius 1 is 1.41 bits per heavy atom. The Morgan fingerprint density at radius 2 is 2.18 bits per heavy atom. The topological polar surface area (TPSA) is 22.0 Å². The number of fused-ring (bicyclic) bond motifs is 1. The van der Waals surface area contributed by atoms with E-state index in [1.165, 1.54) is 17.9 Å². The van der Waals surface area contributed by atoms with Crippen LogP contribution in [0.4, 0.5) is 0 Å². The van der Waals surface area contributed by atoms with E-state index in [0.717, 1.165) is 18.5 Å². The number of ketones is 1. The van der Waals surface area contributed by atoms with E-state index in [-0.39, 0.29) is 5.41 Å². The van der Waals surface area contributed by atoms with Crippen LogP contribution in [0.2, 0.25) is 0 Å². The predicted octanol–water partition coefficient (Wildman–Crippen LogP) is 3.40. The lowest BCUT2D eigenvalue weighted by molar-refractivity contribution is 0.0910. The summed E-state index contributed by atoms with van der Waals surface area (Å²) in [5.74, 6) is 1.50. The molecular weight excluding hydrogens is 230 g/mol. The summed E-state index contributed by atoms with van der Waals surface area (Å²) in [5, 5.41) is 0. The minimum absolute atomic E-state index is 0.125. The normalized spacial score (nSPS) is 18.2. The Morgan fingerprint density at radius 3 is 2.88 bits per heavy atom. The molecule has 0 radical (unpaired) electrons. The highest BCUT2D eigenvalue weighted by Crippen LogP contribution is 2.35. The quantitative estimate of drug-likeness (QED) is 0.765. The summed E-state index contributed by atoms with van der Waals surface area (Å²) in [7, 11) is 0. The van der Waals surface area contributed by atoms with Crippen molar-refractivity contribution in [2.24, 2.45) is 5.41 Å². The molecule has 0 N–H and O–H groups in total. The molecule has 0 saturated carbocycles. The molecule has 0 amide bonds. The fourth-order valence-electron chi connectivity index (χ4n) is 2.59. The Hall–Kier alpha value is -0.700. The van der Waals surface area contributed by atoms with Gasteiger partial charge in [0, 0.05) is 30.4 Å². The molecule has 0 unspecified atom stereocenters. The largest absolute Gasteiger partial charge is 0.351 e. The van der Waals surface area contributed by atoms with E-state index in [1.54, 1.807) is 0 Å². The van der Waals surface area contributed by atoms with E-state index in [2.05, 4.69) is 30.9 Å². The van der Waals surface area contributed by atoms with E-state index < -0.39 is 0 Å². The van der Waals surface area contributed by atoms with Crippen molar-refractivity contribution >= 4 is 17.5 Å². The molecule has 0 spiro atoms. The summed E-state index contributed by atoms with van der Waals surface area (Å²) in [6.45, 7) is 5.42. The van der Waals surface area contributed by atoms with Gasteiger partial charge in [-0.3, -0.25) is 4.79 Å².